The first-order valence-corrected chi connectivity index (χ1v) is 17.9. The summed E-state index contributed by atoms with van der Waals surface area (Å²) in [6, 6.07) is 16.5. The second kappa shape index (κ2) is 15.5. The van der Waals surface area contributed by atoms with Crippen molar-refractivity contribution in [2.24, 2.45) is 13.0 Å². The van der Waals surface area contributed by atoms with E-state index in [0.717, 1.165) is 47.7 Å². The van der Waals surface area contributed by atoms with Crippen molar-refractivity contribution in [1.29, 1.82) is 0 Å². The first-order valence-electron chi connectivity index (χ1n) is 16.4. The number of carbonyl (C=O) groups is 3. The summed E-state index contributed by atoms with van der Waals surface area (Å²) in [5.74, 6) is 4.57. The van der Waals surface area contributed by atoms with E-state index in [9.17, 15) is 22.8 Å². The number of fused-ring (bicyclic) bond motifs is 1. The predicted molar refractivity (Wildman–Crippen MR) is 189 cm³/mol. The highest BCUT2D eigenvalue weighted by molar-refractivity contribution is 7.90. The van der Waals surface area contributed by atoms with Crippen LogP contribution >= 0.6 is 0 Å². The molecule has 0 aliphatic heterocycles. The molecule has 1 atom stereocenters. The van der Waals surface area contributed by atoms with Crippen LogP contribution in [0.1, 0.15) is 73.5 Å². The second-order valence-electron chi connectivity index (χ2n) is 12.6. The number of hydrogen-bond donors (Lipinski definition) is 2. The van der Waals surface area contributed by atoms with Gasteiger partial charge in [0.15, 0.2) is 6.10 Å². The molecule has 262 valence electrons. The Bertz CT molecular complexity index is 2090. The number of esters is 1. The number of methoxy groups -OCH3 is 1. The predicted octanol–water partition coefficient (Wildman–Crippen LogP) is 6.33. The number of rotatable bonds is 10. The van der Waals surface area contributed by atoms with E-state index < -0.39 is 34.1 Å². The van der Waals surface area contributed by atoms with Gasteiger partial charge < -0.3 is 18.8 Å². The summed E-state index contributed by atoms with van der Waals surface area (Å²) >= 11 is 0. The molecular weight excluding hydrogens is 658 g/mol. The third-order valence-electron chi connectivity index (χ3n) is 8.48. The van der Waals surface area contributed by atoms with Crippen molar-refractivity contribution in [3.05, 3.63) is 89.1 Å². The van der Waals surface area contributed by atoms with Gasteiger partial charge in [-0.1, -0.05) is 43.9 Å². The van der Waals surface area contributed by atoms with Crippen molar-refractivity contribution >= 4 is 44.6 Å². The quantitative estimate of drug-likeness (QED) is 0.145. The van der Waals surface area contributed by atoms with Crippen LogP contribution in [-0.4, -0.2) is 50.3 Å². The van der Waals surface area contributed by atoms with Crippen molar-refractivity contribution in [1.82, 2.24) is 9.29 Å². The molecule has 1 aliphatic rings. The Morgan fingerprint density at radius 1 is 1.00 bits per heavy atom. The maximum Gasteiger partial charge on any atom is 0.411 e. The number of nitrogens with one attached hydrogen (secondary N) is 2. The summed E-state index contributed by atoms with van der Waals surface area (Å²) in [6.07, 6.45) is 5.08. The Morgan fingerprint density at radius 3 is 2.44 bits per heavy atom. The number of anilines is 1. The van der Waals surface area contributed by atoms with E-state index in [2.05, 4.69) is 21.9 Å². The Balaban J connectivity index is 1.34. The molecule has 2 amide bonds. The van der Waals surface area contributed by atoms with Gasteiger partial charge in [0.25, 0.3) is 15.9 Å². The molecule has 0 radical (unpaired) electrons. The zero-order valence-electron chi connectivity index (χ0n) is 28.7. The average Bonchev–Trinajstić information content (AvgIpc) is 3.69. The average molecular weight is 700 g/mol. The summed E-state index contributed by atoms with van der Waals surface area (Å²) in [5.41, 5.74) is 3.54. The van der Waals surface area contributed by atoms with Crippen LogP contribution in [0.5, 0.6) is 5.75 Å². The molecular formula is C38H41N3O8S. The molecule has 3 aromatic carbocycles. The molecule has 4 aromatic rings. The largest absolute Gasteiger partial charge is 0.496 e. The van der Waals surface area contributed by atoms with E-state index in [4.69, 9.17) is 14.2 Å². The van der Waals surface area contributed by atoms with Gasteiger partial charge in [0.2, 0.25) is 0 Å². The van der Waals surface area contributed by atoms with Gasteiger partial charge in [-0.25, -0.2) is 17.9 Å². The molecule has 0 spiro atoms. The minimum absolute atomic E-state index is 0.0451. The van der Waals surface area contributed by atoms with Gasteiger partial charge in [-0.2, -0.15) is 0 Å². The van der Waals surface area contributed by atoms with E-state index in [1.807, 2.05) is 49.9 Å². The molecule has 11 nitrogen and oxygen atoms in total. The maximum atomic E-state index is 13.4. The van der Waals surface area contributed by atoms with Gasteiger partial charge in [0, 0.05) is 60.2 Å². The molecule has 12 heteroatoms. The van der Waals surface area contributed by atoms with Crippen molar-refractivity contribution in [3.8, 4) is 17.6 Å². The molecule has 1 aliphatic carbocycles. The fraction of sp³-hybridized carbons (Fsp3) is 0.342. The molecule has 1 saturated carbocycles. The Hall–Kier alpha value is -5.28. The van der Waals surface area contributed by atoms with Gasteiger partial charge >= 0.3 is 12.1 Å². The fourth-order valence-corrected chi connectivity index (χ4v) is 7.07. The van der Waals surface area contributed by atoms with E-state index in [0.29, 0.717) is 17.9 Å². The van der Waals surface area contributed by atoms with Gasteiger partial charge in [-0.3, -0.25) is 14.9 Å². The van der Waals surface area contributed by atoms with Gasteiger partial charge in [-0.05, 0) is 79.3 Å². The normalized spacial score (nSPS) is 13.7. The number of aromatic nitrogens is 1. The molecule has 0 bridgehead atoms. The fourth-order valence-electron chi connectivity index (χ4n) is 5.93. The van der Waals surface area contributed by atoms with Crippen LogP contribution in [0.3, 0.4) is 0 Å². The molecule has 1 aromatic heterocycles. The van der Waals surface area contributed by atoms with Crippen LogP contribution in [0, 0.1) is 17.8 Å². The first-order chi connectivity index (χ1) is 23.8. The lowest BCUT2D eigenvalue weighted by atomic mass is 10.0. The van der Waals surface area contributed by atoms with Gasteiger partial charge in [0.05, 0.1) is 7.11 Å². The number of benzene rings is 3. The van der Waals surface area contributed by atoms with Crippen LogP contribution in [0.15, 0.2) is 71.8 Å². The summed E-state index contributed by atoms with van der Waals surface area (Å²) < 4.78 is 47.4. The third kappa shape index (κ3) is 8.65. The molecule has 5 rings (SSSR count). The topological polar surface area (TPSA) is 142 Å². The maximum absolute atomic E-state index is 13.4. The standard InChI is InChI=1S/C38H41N3O8S/c1-24(2)34(48-25(3)42)19-16-26-10-6-9-13-36(26)50(45,46)40-37(43)28-15-14-27(35(21-28)47-5)20-29-23-41(4)33-18-17-30(22-32(29)33)39-38(44)49-31-11-7-8-12-31/h6,9-10,13-15,17-18,21-24,31,34H,7-8,11-12,20H2,1-5H3,(H,39,44)(H,40,43). The minimum Gasteiger partial charge on any atom is -0.496 e. The second-order valence-corrected chi connectivity index (χ2v) is 14.3. The Labute approximate surface area is 292 Å². The van der Waals surface area contributed by atoms with Crippen molar-refractivity contribution < 1.29 is 37.0 Å². The number of aryl methyl sites for hydroxylation is 1. The van der Waals surface area contributed by atoms with E-state index in [-0.39, 0.29) is 28.0 Å². The molecule has 1 fully saturated rings. The lowest BCUT2D eigenvalue weighted by Gasteiger charge is -2.14. The van der Waals surface area contributed by atoms with Crippen LogP contribution in [0.25, 0.3) is 10.9 Å². The number of sulfonamides is 1. The number of hydrogen-bond acceptors (Lipinski definition) is 8. The van der Waals surface area contributed by atoms with Gasteiger partial charge in [0.1, 0.15) is 16.7 Å². The first kappa shape index (κ1) is 36.0. The highest BCUT2D eigenvalue weighted by Crippen LogP contribution is 2.30. The number of amides is 2. The molecule has 2 N–H and O–H groups in total. The minimum atomic E-state index is -4.34. The van der Waals surface area contributed by atoms with Crippen LogP contribution in [0.4, 0.5) is 10.5 Å². The van der Waals surface area contributed by atoms with Crippen molar-refractivity contribution in [2.75, 3.05) is 12.4 Å². The summed E-state index contributed by atoms with van der Waals surface area (Å²) in [4.78, 5) is 37.1. The van der Waals surface area contributed by atoms with Gasteiger partial charge in [-0.15, -0.1) is 0 Å². The van der Waals surface area contributed by atoms with E-state index >= 15 is 0 Å². The zero-order chi connectivity index (χ0) is 36.0. The summed E-state index contributed by atoms with van der Waals surface area (Å²) in [5, 5.41) is 3.77. The van der Waals surface area contributed by atoms with Crippen LogP contribution in [0.2, 0.25) is 0 Å². The number of nitrogens with zero attached hydrogens (tertiary/aromatic N) is 1. The van der Waals surface area contributed by atoms with Crippen LogP contribution < -0.4 is 14.8 Å². The smallest absolute Gasteiger partial charge is 0.411 e. The highest BCUT2D eigenvalue weighted by atomic mass is 32.2. The summed E-state index contributed by atoms with van der Waals surface area (Å²) in [6.45, 7) is 4.94. The molecule has 0 saturated heterocycles. The van der Waals surface area contributed by atoms with Crippen molar-refractivity contribution in [3.63, 3.8) is 0 Å². The molecule has 1 heterocycles. The monoisotopic (exact) mass is 699 g/mol. The number of ether oxygens (including phenoxy) is 3. The zero-order valence-corrected chi connectivity index (χ0v) is 29.6. The number of carbonyl (C=O) groups excluding carboxylic acids is 3. The highest BCUT2D eigenvalue weighted by Gasteiger charge is 2.23. The van der Waals surface area contributed by atoms with E-state index in [1.165, 1.54) is 44.4 Å². The Morgan fingerprint density at radius 2 is 1.74 bits per heavy atom. The lowest BCUT2D eigenvalue weighted by molar-refractivity contribution is -0.145. The summed E-state index contributed by atoms with van der Waals surface area (Å²) in [7, 11) is -0.926. The van der Waals surface area contributed by atoms with E-state index in [1.54, 1.807) is 12.1 Å². The SMILES string of the molecule is COc1cc(C(=O)NS(=O)(=O)c2ccccc2C#CC(OC(C)=O)C(C)C)ccc1Cc1cn(C)c2ccc(NC(=O)OC3CCCC3)cc12. The molecule has 50 heavy (non-hydrogen) atoms. The third-order valence-corrected chi connectivity index (χ3v) is 9.86. The lowest BCUT2D eigenvalue weighted by Crippen LogP contribution is -2.31. The van der Waals surface area contributed by atoms with Crippen molar-refractivity contribution in [2.45, 2.75) is 70.0 Å². The Kier molecular flexibility index (Phi) is 11.2. The molecule has 1 unspecified atom stereocenters. The van der Waals surface area contributed by atoms with Crippen LogP contribution in [-0.2, 0) is 37.8 Å².